The van der Waals surface area contributed by atoms with Gasteiger partial charge in [0, 0.05) is 18.7 Å². The number of fused-ring (bicyclic) bond motifs is 1. The standard InChI is InChI=1S/C18H20N6O2/c1-25-13-6-5-11(9-14(13)26-2)12-10-20-17-15(21-12)16(19)22-18(23-17)24-7-3-4-8-24/h5-6,9-10H,3-4,7-8H2,1-2H3,(H2,19,20,22,23). The first-order valence-electron chi connectivity index (χ1n) is 8.47. The molecular formula is C18H20N6O2. The molecule has 1 aliphatic rings. The van der Waals surface area contributed by atoms with Crippen LogP contribution in [0, 0.1) is 0 Å². The second-order valence-corrected chi connectivity index (χ2v) is 6.10. The van der Waals surface area contributed by atoms with Crippen LogP contribution >= 0.6 is 0 Å². The molecule has 0 unspecified atom stereocenters. The number of hydrogen-bond acceptors (Lipinski definition) is 8. The molecule has 8 heteroatoms. The highest BCUT2D eigenvalue weighted by molar-refractivity contribution is 5.84. The fourth-order valence-corrected chi connectivity index (χ4v) is 3.11. The van der Waals surface area contributed by atoms with Crippen LogP contribution in [0.15, 0.2) is 24.4 Å². The molecule has 8 nitrogen and oxygen atoms in total. The summed E-state index contributed by atoms with van der Waals surface area (Å²) in [5, 5.41) is 0. The molecule has 0 aliphatic carbocycles. The average Bonchev–Trinajstić information content (AvgIpc) is 3.22. The first-order chi connectivity index (χ1) is 12.7. The molecular weight excluding hydrogens is 332 g/mol. The molecule has 0 atom stereocenters. The van der Waals surface area contributed by atoms with E-state index >= 15 is 0 Å². The molecule has 0 amide bonds. The predicted molar refractivity (Wildman–Crippen MR) is 99.5 cm³/mol. The van der Waals surface area contributed by atoms with Crippen molar-refractivity contribution in [3.05, 3.63) is 24.4 Å². The van der Waals surface area contributed by atoms with Gasteiger partial charge in [0.15, 0.2) is 28.5 Å². The number of anilines is 2. The Morgan fingerprint density at radius 3 is 2.50 bits per heavy atom. The molecule has 3 heterocycles. The van der Waals surface area contributed by atoms with Gasteiger partial charge in [-0.2, -0.15) is 9.97 Å². The van der Waals surface area contributed by atoms with Crippen molar-refractivity contribution in [3.63, 3.8) is 0 Å². The second-order valence-electron chi connectivity index (χ2n) is 6.10. The molecule has 2 N–H and O–H groups in total. The molecule has 3 aromatic rings. The van der Waals surface area contributed by atoms with Crippen LogP contribution in [-0.4, -0.2) is 47.2 Å². The minimum absolute atomic E-state index is 0.340. The maximum Gasteiger partial charge on any atom is 0.229 e. The van der Waals surface area contributed by atoms with E-state index in [4.69, 9.17) is 15.2 Å². The maximum atomic E-state index is 6.15. The third kappa shape index (κ3) is 2.83. The van der Waals surface area contributed by atoms with E-state index in [1.165, 1.54) is 0 Å². The van der Waals surface area contributed by atoms with Crippen LogP contribution in [0.4, 0.5) is 11.8 Å². The van der Waals surface area contributed by atoms with Crippen LogP contribution in [0.5, 0.6) is 11.5 Å². The first kappa shape index (κ1) is 16.3. The molecule has 1 fully saturated rings. The fraction of sp³-hybridized carbons (Fsp3) is 0.333. The third-order valence-corrected chi connectivity index (χ3v) is 4.49. The Hall–Kier alpha value is -3.16. The van der Waals surface area contributed by atoms with Crippen LogP contribution in [0.2, 0.25) is 0 Å². The largest absolute Gasteiger partial charge is 0.493 e. The van der Waals surface area contributed by atoms with E-state index in [1.807, 2.05) is 18.2 Å². The zero-order valence-corrected chi connectivity index (χ0v) is 14.8. The Morgan fingerprint density at radius 2 is 1.77 bits per heavy atom. The maximum absolute atomic E-state index is 6.15. The summed E-state index contributed by atoms with van der Waals surface area (Å²) in [6.45, 7) is 1.89. The highest BCUT2D eigenvalue weighted by atomic mass is 16.5. The molecule has 2 aromatic heterocycles. The summed E-state index contributed by atoms with van der Waals surface area (Å²) in [6.07, 6.45) is 3.97. The molecule has 0 saturated carbocycles. The van der Waals surface area contributed by atoms with Gasteiger partial charge in [-0.05, 0) is 31.0 Å². The van der Waals surface area contributed by atoms with Gasteiger partial charge in [0.2, 0.25) is 5.95 Å². The van der Waals surface area contributed by atoms with Gasteiger partial charge in [-0.3, -0.25) is 0 Å². The lowest BCUT2D eigenvalue weighted by Gasteiger charge is -2.15. The number of benzene rings is 1. The van der Waals surface area contributed by atoms with Crippen molar-refractivity contribution in [1.82, 2.24) is 19.9 Å². The first-order valence-corrected chi connectivity index (χ1v) is 8.47. The number of hydrogen-bond donors (Lipinski definition) is 1. The Bertz CT molecular complexity index is 956. The molecule has 134 valence electrons. The smallest absolute Gasteiger partial charge is 0.229 e. The fourth-order valence-electron chi connectivity index (χ4n) is 3.11. The van der Waals surface area contributed by atoms with Crippen molar-refractivity contribution in [1.29, 1.82) is 0 Å². The molecule has 1 aliphatic heterocycles. The number of methoxy groups -OCH3 is 2. The van der Waals surface area contributed by atoms with Crippen molar-refractivity contribution in [2.24, 2.45) is 0 Å². The summed E-state index contributed by atoms with van der Waals surface area (Å²) in [6, 6.07) is 5.58. The van der Waals surface area contributed by atoms with Crippen LogP contribution in [0.3, 0.4) is 0 Å². The lowest BCUT2D eigenvalue weighted by Crippen LogP contribution is -2.21. The number of nitrogen functional groups attached to an aromatic ring is 1. The lowest BCUT2D eigenvalue weighted by atomic mass is 10.1. The van der Waals surface area contributed by atoms with Gasteiger partial charge in [0.1, 0.15) is 0 Å². The third-order valence-electron chi connectivity index (χ3n) is 4.49. The van der Waals surface area contributed by atoms with Crippen LogP contribution in [-0.2, 0) is 0 Å². The van der Waals surface area contributed by atoms with Gasteiger partial charge in [-0.1, -0.05) is 0 Å². The molecule has 0 radical (unpaired) electrons. The van der Waals surface area contributed by atoms with E-state index in [0.29, 0.717) is 40.1 Å². The molecule has 1 saturated heterocycles. The summed E-state index contributed by atoms with van der Waals surface area (Å²) in [5.74, 6) is 2.25. The Labute approximate surface area is 151 Å². The minimum atomic E-state index is 0.340. The predicted octanol–water partition coefficient (Wildman–Crippen LogP) is 2.29. The number of aromatic nitrogens is 4. The Morgan fingerprint density at radius 1 is 1.00 bits per heavy atom. The summed E-state index contributed by atoms with van der Waals surface area (Å²) in [5.41, 5.74) is 8.67. The molecule has 4 rings (SSSR count). The van der Waals surface area contributed by atoms with E-state index in [1.54, 1.807) is 20.4 Å². The molecule has 1 aromatic carbocycles. The monoisotopic (exact) mass is 352 g/mol. The average molecular weight is 352 g/mol. The van der Waals surface area contributed by atoms with Crippen molar-refractivity contribution in [2.45, 2.75) is 12.8 Å². The van der Waals surface area contributed by atoms with Gasteiger partial charge >= 0.3 is 0 Å². The van der Waals surface area contributed by atoms with Crippen LogP contribution in [0.25, 0.3) is 22.4 Å². The highest BCUT2D eigenvalue weighted by Crippen LogP contribution is 2.32. The van der Waals surface area contributed by atoms with E-state index < -0.39 is 0 Å². The van der Waals surface area contributed by atoms with E-state index in [9.17, 15) is 0 Å². The van der Waals surface area contributed by atoms with Crippen LogP contribution < -0.4 is 20.1 Å². The van der Waals surface area contributed by atoms with E-state index in [0.717, 1.165) is 31.5 Å². The van der Waals surface area contributed by atoms with Gasteiger partial charge in [-0.25, -0.2) is 9.97 Å². The minimum Gasteiger partial charge on any atom is -0.493 e. The van der Waals surface area contributed by atoms with Gasteiger partial charge in [-0.15, -0.1) is 0 Å². The number of rotatable bonds is 4. The summed E-state index contributed by atoms with van der Waals surface area (Å²) < 4.78 is 10.6. The zero-order chi connectivity index (χ0) is 18.1. The normalized spacial score (nSPS) is 14.0. The molecule has 26 heavy (non-hydrogen) atoms. The molecule has 0 spiro atoms. The number of ether oxygens (including phenoxy) is 2. The summed E-state index contributed by atoms with van der Waals surface area (Å²) in [4.78, 5) is 20.2. The van der Waals surface area contributed by atoms with E-state index in [-0.39, 0.29) is 0 Å². The number of nitrogens with two attached hydrogens (primary N) is 1. The van der Waals surface area contributed by atoms with Gasteiger partial charge in [0.25, 0.3) is 0 Å². The van der Waals surface area contributed by atoms with Crippen molar-refractivity contribution in [3.8, 4) is 22.8 Å². The van der Waals surface area contributed by atoms with Gasteiger partial charge < -0.3 is 20.1 Å². The lowest BCUT2D eigenvalue weighted by molar-refractivity contribution is 0.355. The van der Waals surface area contributed by atoms with E-state index in [2.05, 4.69) is 24.8 Å². The Balaban J connectivity index is 1.76. The SMILES string of the molecule is COc1ccc(-c2cnc3nc(N4CCCC4)nc(N)c3n2)cc1OC. The molecule has 0 bridgehead atoms. The van der Waals surface area contributed by atoms with Crippen molar-refractivity contribution >= 4 is 22.9 Å². The summed E-state index contributed by atoms with van der Waals surface area (Å²) >= 11 is 0. The number of nitrogens with zero attached hydrogens (tertiary/aromatic N) is 5. The van der Waals surface area contributed by atoms with Crippen molar-refractivity contribution < 1.29 is 9.47 Å². The highest BCUT2D eigenvalue weighted by Gasteiger charge is 2.18. The summed E-state index contributed by atoms with van der Waals surface area (Å²) in [7, 11) is 3.20. The zero-order valence-electron chi connectivity index (χ0n) is 14.8. The Kier molecular flexibility index (Phi) is 4.16. The topological polar surface area (TPSA) is 99.3 Å². The quantitative estimate of drug-likeness (QED) is 0.763. The second kappa shape index (κ2) is 6.62. The van der Waals surface area contributed by atoms with Crippen LogP contribution in [0.1, 0.15) is 12.8 Å². The van der Waals surface area contributed by atoms with Gasteiger partial charge in [0.05, 0.1) is 26.1 Å². The van der Waals surface area contributed by atoms with Crippen molar-refractivity contribution in [2.75, 3.05) is 37.9 Å².